The van der Waals surface area contributed by atoms with Crippen LogP contribution in [0.15, 0.2) is 0 Å². The number of rotatable bonds is 7. The molecule has 0 aromatic carbocycles. The highest BCUT2D eigenvalue weighted by Crippen LogP contribution is 1.86. The maximum absolute atomic E-state index is 4.99. The zero-order valence-electron chi connectivity index (χ0n) is 10.5. The molecule has 0 aliphatic heterocycles. The fraction of sp³-hybridized carbons (Fsp3) is 1.00. The lowest BCUT2D eigenvalue weighted by molar-refractivity contribution is 0.240. The fourth-order valence-corrected chi connectivity index (χ4v) is 1.15. The number of unbranched alkanes of at least 4 members (excludes halogenated alkanes) is 1. The summed E-state index contributed by atoms with van der Waals surface area (Å²) < 4.78 is 9.98. The van der Waals surface area contributed by atoms with E-state index in [1.807, 2.05) is 13.8 Å². The van der Waals surface area contributed by atoms with Gasteiger partial charge in [-0.1, -0.05) is 13.3 Å². The molecular formula is C10H27NO2Si. The van der Waals surface area contributed by atoms with Gasteiger partial charge >= 0.3 is 10.0 Å². The zero-order chi connectivity index (χ0) is 11.2. The van der Waals surface area contributed by atoms with Gasteiger partial charge in [0, 0.05) is 13.2 Å². The Kier molecular flexibility index (Phi) is 18.4. The van der Waals surface area contributed by atoms with E-state index in [0.717, 1.165) is 13.2 Å². The lowest BCUT2D eigenvalue weighted by Gasteiger charge is -2.05. The molecule has 88 valence electrons. The molecular weight excluding hydrogens is 194 g/mol. The molecule has 0 aromatic rings. The molecule has 0 rings (SSSR count). The first-order valence-corrected chi connectivity index (χ1v) is 6.64. The first-order chi connectivity index (χ1) is 6.68. The Bertz CT molecular complexity index is 88.2. The summed E-state index contributed by atoms with van der Waals surface area (Å²) in [6, 6.07) is 0. The van der Waals surface area contributed by atoms with Gasteiger partial charge in [0.1, 0.15) is 0 Å². The van der Waals surface area contributed by atoms with Gasteiger partial charge in [0.25, 0.3) is 0 Å². The Hall–Kier alpha value is 0.0969. The summed E-state index contributed by atoms with van der Waals surface area (Å²) in [5.41, 5.74) is 0. The van der Waals surface area contributed by atoms with Crippen LogP contribution in [0.25, 0.3) is 0 Å². The highest BCUT2D eigenvalue weighted by atomic mass is 28.3. The van der Waals surface area contributed by atoms with E-state index in [1.165, 1.54) is 19.4 Å². The van der Waals surface area contributed by atoms with Gasteiger partial charge in [-0.2, -0.15) is 0 Å². The van der Waals surface area contributed by atoms with Gasteiger partial charge in [-0.3, -0.25) is 0 Å². The number of hydrogen-bond acceptors (Lipinski definition) is 3. The van der Waals surface area contributed by atoms with E-state index in [9.17, 15) is 0 Å². The van der Waals surface area contributed by atoms with E-state index in [0.29, 0.717) is 0 Å². The van der Waals surface area contributed by atoms with E-state index in [4.69, 9.17) is 8.85 Å². The van der Waals surface area contributed by atoms with Crippen molar-refractivity contribution >= 4 is 10.0 Å². The topological polar surface area (TPSA) is 21.7 Å². The summed E-state index contributed by atoms with van der Waals surface area (Å²) in [7, 11) is 3.62. The van der Waals surface area contributed by atoms with Gasteiger partial charge < -0.3 is 13.8 Å². The molecule has 0 N–H and O–H groups in total. The fourth-order valence-electron chi connectivity index (χ4n) is 0.700. The van der Waals surface area contributed by atoms with Crippen LogP contribution in [0.4, 0.5) is 0 Å². The molecule has 0 aromatic heterocycles. The molecule has 0 radical (unpaired) electrons. The van der Waals surface area contributed by atoms with Gasteiger partial charge in [-0.25, -0.2) is 0 Å². The van der Waals surface area contributed by atoms with Gasteiger partial charge in [0.2, 0.25) is 0 Å². The lowest BCUT2D eigenvalue weighted by atomic mass is 10.3. The van der Waals surface area contributed by atoms with Crippen molar-refractivity contribution in [3.05, 3.63) is 0 Å². The Morgan fingerprint density at radius 2 is 1.50 bits per heavy atom. The molecule has 3 nitrogen and oxygen atoms in total. The van der Waals surface area contributed by atoms with E-state index < -0.39 is 10.0 Å². The third-order valence-corrected chi connectivity index (χ3v) is 2.68. The van der Waals surface area contributed by atoms with Crippen LogP contribution < -0.4 is 0 Å². The Morgan fingerprint density at radius 1 is 1.00 bits per heavy atom. The number of nitrogens with zero attached hydrogens (tertiary/aromatic N) is 1. The molecule has 0 heterocycles. The smallest absolute Gasteiger partial charge is 0.304 e. The van der Waals surface area contributed by atoms with Crippen molar-refractivity contribution in [1.82, 2.24) is 4.90 Å². The Morgan fingerprint density at radius 3 is 1.71 bits per heavy atom. The average Bonchev–Trinajstić information content (AvgIpc) is 2.16. The molecule has 0 amide bonds. The predicted octanol–water partition coefficient (Wildman–Crippen LogP) is 1.41. The predicted molar refractivity (Wildman–Crippen MR) is 65.3 cm³/mol. The quantitative estimate of drug-likeness (QED) is 0.479. The maximum atomic E-state index is 4.99. The Balaban J connectivity index is 0. The standard InChI is InChI=1S/C6H15N.C4H12O2Si/c1-4-5-6-7(2)3;1-3-5-7-6-4-2/h4-6H2,1-3H3;3-4,7H2,1-2H3. The third kappa shape index (κ3) is 22.7. The summed E-state index contributed by atoms with van der Waals surface area (Å²) in [5, 5.41) is 0. The summed E-state index contributed by atoms with van der Waals surface area (Å²) in [6.07, 6.45) is 2.63. The molecule has 0 aliphatic rings. The highest BCUT2D eigenvalue weighted by molar-refractivity contribution is 6.17. The van der Waals surface area contributed by atoms with Crippen LogP contribution in [0.2, 0.25) is 0 Å². The second-order valence-electron chi connectivity index (χ2n) is 3.26. The van der Waals surface area contributed by atoms with Crippen LogP contribution in [0.1, 0.15) is 33.6 Å². The maximum Gasteiger partial charge on any atom is 0.304 e. The molecule has 0 aliphatic carbocycles. The molecule has 0 saturated carbocycles. The monoisotopic (exact) mass is 221 g/mol. The second kappa shape index (κ2) is 15.6. The molecule has 0 atom stereocenters. The van der Waals surface area contributed by atoms with E-state index in [2.05, 4.69) is 25.9 Å². The van der Waals surface area contributed by atoms with Crippen LogP contribution in [0.3, 0.4) is 0 Å². The minimum Gasteiger partial charge on any atom is -0.399 e. The summed E-state index contributed by atoms with van der Waals surface area (Å²) in [6.45, 7) is 9.00. The summed E-state index contributed by atoms with van der Waals surface area (Å²) in [4.78, 5) is 2.21. The van der Waals surface area contributed by atoms with Crippen molar-refractivity contribution in [3.63, 3.8) is 0 Å². The largest absolute Gasteiger partial charge is 0.399 e. The van der Waals surface area contributed by atoms with Gasteiger partial charge in [0.05, 0.1) is 0 Å². The molecule has 0 unspecified atom stereocenters. The first-order valence-electron chi connectivity index (χ1n) is 5.49. The van der Waals surface area contributed by atoms with Crippen molar-refractivity contribution in [1.29, 1.82) is 0 Å². The molecule has 0 fully saturated rings. The summed E-state index contributed by atoms with van der Waals surface area (Å²) >= 11 is 0. The van der Waals surface area contributed by atoms with Crippen LogP contribution in [-0.2, 0) is 8.85 Å². The van der Waals surface area contributed by atoms with Crippen molar-refractivity contribution < 1.29 is 8.85 Å². The first kappa shape index (κ1) is 16.5. The Labute approximate surface area is 91.8 Å². The molecule has 14 heavy (non-hydrogen) atoms. The second-order valence-corrected chi connectivity index (χ2v) is 4.31. The normalized spacial score (nSPS) is 9.86. The molecule has 0 saturated heterocycles. The van der Waals surface area contributed by atoms with E-state index in [-0.39, 0.29) is 0 Å². The SMILES string of the molecule is CCCCN(C)C.CCO[SiH2]OCC. The average molecular weight is 221 g/mol. The van der Waals surface area contributed by atoms with E-state index in [1.54, 1.807) is 0 Å². The van der Waals surface area contributed by atoms with Crippen LogP contribution >= 0.6 is 0 Å². The van der Waals surface area contributed by atoms with Crippen molar-refractivity contribution in [3.8, 4) is 0 Å². The van der Waals surface area contributed by atoms with Gasteiger partial charge in [-0.15, -0.1) is 0 Å². The van der Waals surface area contributed by atoms with Crippen molar-refractivity contribution in [2.24, 2.45) is 0 Å². The number of hydrogen-bond donors (Lipinski definition) is 0. The lowest BCUT2D eigenvalue weighted by Crippen LogP contribution is -2.12. The zero-order valence-corrected chi connectivity index (χ0v) is 11.9. The third-order valence-electron chi connectivity index (χ3n) is 1.53. The minimum absolute atomic E-state index is 0.589. The van der Waals surface area contributed by atoms with Crippen LogP contribution in [-0.4, -0.2) is 48.8 Å². The van der Waals surface area contributed by atoms with Crippen LogP contribution in [0, 0.1) is 0 Å². The molecule has 4 heteroatoms. The van der Waals surface area contributed by atoms with Crippen LogP contribution in [0.5, 0.6) is 0 Å². The van der Waals surface area contributed by atoms with Gasteiger partial charge in [-0.05, 0) is 40.9 Å². The highest BCUT2D eigenvalue weighted by Gasteiger charge is 1.83. The summed E-state index contributed by atoms with van der Waals surface area (Å²) in [5.74, 6) is 0. The molecule has 0 spiro atoms. The molecule has 0 bridgehead atoms. The van der Waals surface area contributed by atoms with Gasteiger partial charge in [0.15, 0.2) is 0 Å². The van der Waals surface area contributed by atoms with E-state index >= 15 is 0 Å². The minimum atomic E-state index is -0.589. The van der Waals surface area contributed by atoms with Crippen molar-refractivity contribution in [2.75, 3.05) is 33.9 Å². The van der Waals surface area contributed by atoms with Crippen molar-refractivity contribution in [2.45, 2.75) is 33.6 Å².